The summed E-state index contributed by atoms with van der Waals surface area (Å²) in [5.41, 5.74) is 6.94. The summed E-state index contributed by atoms with van der Waals surface area (Å²) >= 11 is 8.50. The van der Waals surface area contributed by atoms with Crippen molar-refractivity contribution in [3.05, 3.63) is 54.3 Å². The molecule has 0 saturated heterocycles. The molecule has 1 aromatic heterocycles. The summed E-state index contributed by atoms with van der Waals surface area (Å²) in [5, 5.41) is 0. The summed E-state index contributed by atoms with van der Waals surface area (Å²) in [5.74, 6) is -0.275. The quantitative estimate of drug-likeness (QED) is 0.800. The average molecular weight is 379 g/mol. The van der Waals surface area contributed by atoms with Crippen molar-refractivity contribution in [1.82, 2.24) is 0 Å². The van der Waals surface area contributed by atoms with Gasteiger partial charge < -0.3 is 5.73 Å². The molecule has 0 aliphatic heterocycles. The SMILES string of the molecule is Cc1cc(Br)c(C(N)c2cc(F)ccc2Br)s1. The van der Waals surface area contributed by atoms with E-state index in [1.54, 1.807) is 17.4 Å². The third-order valence-corrected chi connectivity index (χ3v) is 5.19. The van der Waals surface area contributed by atoms with Crippen molar-refractivity contribution >= 4 is 43.2 Å². The van der Waals surface area contributed by atoms with Crippen LogP contribution in [0.1, 0.15) is 21.4 Å². The van der Waals surface area contributed by atoms with Crippen LogP contribution in [0.5, 0.6) is 0 Å². The molecule has 2 N–H and O–H groups in total. The Labute approximate surface area is 120 Å². The Morgan fingerprint density at radius 3 is 2.53 bits per heavy atom. The second-order valence-corrected chi connectivity index (χ2v) is 6.71. The van der Waals surface area contributed by atoms with E-state index in [9.17, 15) is 4.39 Å². The molecular weight excluding hydrogens is 369 g/mol. The Morgan fingerprint density at radius 2 is 1.94 bits per heavy atom. The molecule has 1 aromatic carbocycles. The van der Waals surface area contributed by atoms with Gasteiger partial charge in [-0.2, -0.15) is 0 Å². The molecule has 0 amide bonds. The van der Waals surface area contributed by atoms with E-state index >= 15 is 0 Å². The van der Waals surface area contributed by atoms with E-state index in [2.05, 4.69) is 31.9 Å². The normalized spacial score (nSPS) is 12.8. The predicted molar refractivity (Wildman–Crippen MR) is 76.9 cm³/mol. The molecule has 0 aliphatic carbocycles. The lowest BCUT2D eigenvalue weighted by atomic mass is 10.1. The maximum atomic E-state index is 13.2. The smallest absolute Gasteiger partial charge is 0.123 e. The number of benzene rings is 1. The molecular formula is C12H10Br2FNS. The molecule has 2 rings (SSSR count). The van der Waals surface area contributed by atoms with Crippen molar-refractivity contribution in [2.45, 2.75) is 13.0 Å². The molecule has 0 radical (unpaired) electrons. The molecule has 0 saturated carbocycles. The molecule has 0 spiro atoms. The van der Waals surface area contributed by atoms with Gasteiger partial charge in [0.2, 0.25) is 0 Å². The second kappa shape index (κ2) is 5.18. The zero-order chi connectivity index (χ0) is 12.6. The van der Waals surface area contributed by atoms with E-state index in [1.165, 1.54) is 17.0 Å². The maximum Gasteiger partial charge on any atom is 0.123 e. The molecule has 0 fully saturated rings. The monoisotopic (exact) mass is 377 g/mol. The maximum absolute atomic E-state index is 13.2. The van der Waals surface area contributed by atoms with Gasteiger partial charge in [-0.25, -0.2) is 4.39 Å². The number of halogens is 3. The molecule has 1 heterocycles. The van der Waals surface area contributed by atoms with Crippen LogP contribution in [0.3, 0.4) is 0 Å². The number of hydrogen-bond acceptors (Lipinski definition) is 2. The molecule has 1 nitrogen and oxygen atoms in total. The molecule has 1 atom stereocenters. The zero-order valence-electron chi connectivity index (χ0n) is 9.01. The number of thiophene rings is 1. The van der Waals surface area contributed by atoms with E-state index in [4.69, 9.17) is 5.73 Å². The molecule has 2 aromatic rings. The number of nitrogens with two attached hydrogens (primary N) is 1. The minimum Gasteiger partial charge on any atom is -0.320 e. The highest BCUT2D eigenvalue weighted by atomic mass is 79.9. The second-order valence-electron chi connectivity index (χ2n) is 3.71. The van der Waals surface area contributed by atoms with Gasteiger partial charge in [-0.15, -0.1) is 11.3 Å². The van der Waals surface area contributed by atoms with Crippen molar-refractivity contribution in [3.63, 3.8) is 0 Å². The fraction of sp³-hybridized carbons (Fsp3) is 0.167. The van der Waals surface area contributed by atoms with E-state index in [0.717, 1.165) is 19.4 Å². The summed E-state index contributed by atoms with van der Waals surface area (Å²) in [6.45, 7) is 2.02. The Balaban J connectivity index is 2.46. The van der Waals surface area contributed by atoms with Crippen LogP contribution in [-0.4, -0.2) is 0 Å². The van der Waals surface area contributed by atoms with Crippen LogP contribution in [0.4, 0.5) is 4.39 Å². The Hall–Kier alpha value is -0.230. The van der Waals surface area contributed by atoms with Crippen molar-refractivity contribution < 1.29 is 4.39 Å². The lowest BCUT2D eigenvalue weighted by molar-refractivity contribution is 0.623. The van der Waals surface area contributed by atoms with E-state index in [-0.39, 0.29) is 11.9 Å². The van der Waals surface area contributed by atoms with Gasteiger partial charge in [0, 0.05) is 18.7 Å². The van der Waals surface area contributed by atoms with E-state index in [0.29, 0.717) is 0 Å². The molecule has 0 aliphatic rings. The van der Waals surface area contributed by atoms with Crippen LogP contribution < -0.4 is 5.73 Å². The van der Waals surface area contributed by atoms with Gasteiger partial charge in [0.05, 0.1) is 6.04 Å². The molecule has 5 heteroatoms. The van der Waals surface area contributed by atoms with Crippen molar-refractivity contribution in [1.29, 1.82) is 0 Å². The van der Waals surface area contributed by atoms with Gasteiger partial charge >= 0.3 is 0 Å². The lowest BCUT2D eigenvalue weighted by Crippen LogP contribution is -2.11. The highest BCUT2D eigenvalue weighted by Crippen LogP contribution is 2.36. The minimum atomic E-state index is -0.326. The molecule has 1 unspecified atom stereocenters. The van der Waals surface area contributed by atoms with Crippen LogP contribution in [0.25, 0.3) is 0 Å². The van der Waals surface area contributed by atoms with Gasteiger partial charge in [-0.1, -0.05) is 15.9 Å². The van der Waals surface area contributed by atoms with Crippen LogP contribution >= 0.6 is 43.2 Å². The van der Waals surface area contributed by atoms with Crippen molar-refractivity contribution in [3.8, 4) is 0 Å². The number of rotatable bonds is 2. The van der Waals surface area contributed by atoms with Crippen molar-refractivity contribution in [2.24, 2.45) is 5.73 Å². The van der Waals surface area contributed by atoms with Gasteiger partial charge in [0.15, 0.2) is 0 Å². The van der Waals surface area contributed by atoms with Gasteiger partial charge in [0.25, 0.3) is 0 Å². The Bertz CT molecular complexity index is 553. The highest BCUT2D eigenvalue weighted by molar-refractivity contribution is 9.10. The summed E-state index contributed by atoms with van der Waals surface area (Å²) in [6.07, 6.45) is 0. The fourth-order valence-electron chi connectivity index (χ4n) is 1.61. The topological polar surface area (TPSA) is 26.0 Å². The van der Waals surface area contributed by atoms with Crippen molar-refractivity contribution in [2.75, 3.05) is 0 Å². The summed E-state index contributed by atoms with van der Waals surface area (Å²) < 4.78 is 15.0. The highest BCUT2D eigenvalue weighted by Gasteiger charge is 2.18. The number of hydrogen-bond donors (Lipinski definition) is 1. The fourth-order valence-corrected chi connectivity index (χ4v) is 4.02. The first kappa shape index (κ1) is 13.2. The Morgan fingerprint density at radius 1 is 1.24 bits per heavy atom. The standard InChI is InChI=1S/C12H10Br2FNS/c1-6-4-10(14)12(17-6)11(16)8-5-7(15)2-3-9(8)13/h2-5,11H,16H2,1H3. The van der Waals surface area contributed by atoms with Crippen LogP contribution in [0.2, 0.25) is 0 Å². The van der Waals surface area contributed by atoms with Crippen LogP contribution in [-0.2, 0) is 0 Å². The van der Waals surface area contributed by atoms with Gasteiger partial charge in [0.1, 0.15) is 5.82 Å². The van der Waals surface area contributed by atoms with Gasteiger partial charge in [-0.3, -0.25) is 0 Å². The third-order valence-electron chi connectivity index (χ3n) is 2.41. The summed E-state index contributed by atoms with van der Waals surface area (Å²) in [4.78, 5) is 2.18. The van der Waals surface area contributed by atoms with E-state index < -0.39 is 0 Å². The minimum absolute atomic E-state index is 0.275. The lowest BCUT2D eigenvalue weighted by Gasteiger charge is -2.13. The largest absolute Gasteiger partial charge is 0.320 e. The van der Waals surface area contributed by atoms with E-state index in [1.807, 2.05) is 13.0 Å². The van der Waals surface area contributed by atoms with Crippen LogP contribution in [0, 0.1) is 12.7 Å². The summed E-state index contributed by atoms with van der Waals surface area (Å²) in [6, 6.07) is 6.25. The first-order valence-electron chi connectivity index (χ1n) is 4.95. The molecule has 90 valence electrons. The molecule has 0 bridgehead atoms. The first-order chi connectivity index (χ1) is 7.99. The Kier molecular flexibility index (Phi) is 4.02. The molecule has 17 heavy (non-hydrogen) atoms. The predicted octanol–water partition coefficient (Wildman–Crippen LogP) is 4.77. The van der Waals surface area contributed by atoms with Crippen LogP contribution in [0.15, 0.2) is 33.2 Å². The number of aryl methyl sites for hydroxylation is 1. The first-order valence-corrected chi connectivity index (χ1v) is 7.35. The van der Waals surface area contributed by atoms with Gasteiger partial charge in [-0.05, 0) is 52.7 Å². The average Bonchev–Trinajstić information content (AvgIpc) is 2.60. The summed E-state index contributed by atoms with van der Waals surface area (Å²) in [7, 11) is 0. The zero-order valence-corrected chi connectivity index (χ0v) is 13.0. The third kappa shape index (κ3) is 2.78.